The van der Waals surface area contributed by atoms with Crippen molar-refractivity contribution in [2.45, 2.75) is 6.92 Å². The van der Waals surface area contributed by atoms with Crippen LogP contribution in [0.3, 0.4) is 0 Å². The Labute approximate surface area is 78.8 Å². The van der Waals surface area contributed by atoms with Gasteiger partial charge in [0, 0.05) is 5.38 Å². The first-order valence-corrected chi connectivity index (χ1v) is 4.39. The van der Waals surface area contributed by atoms with Crippen LogP contribution in [-0.2, 0) is 4.74 Å². The van der Waals surface area contributed by atoms with E-state index in [0.29, 0.717) is 12.3 Å². The summed E-state index contributed by atoms with van der Waals surface area (Å²) in [6.45, 7) is 2.03. The molecular formula is C6H8N4O2S. The minimum Gasteiger partial charge on any atom is -0.449 e. The summed E-state index contributed by atoms with van der Waals surface area (Å²) in [6.07, 6.45) is 0.808. The number of hydrogen-bond acceptors (Lipinski definition) is 6. The first-order valence-electron chi connectivity index (χ1n) is 3.56. The minimum absolute atomic E-state index is 0.319. The van der Waals surface area contributed by atoms with Gasteiger partial charge in [0.25, 0.3) is 0 Å². The zero-order valence-electron chi connectivity index (χ0n) is 6.93. The lowest BCUT2D eigenvalue weighted by Crippen LogP contribution is -2.18. The van der Waals surface area contributed by atoms with Crippen LogP contribution < -0.4 is 5.43 Å². The van der Waals surface area contributed by atoms with Gasteiger partial charge >= 0.3 is 6.09 Å². The van der Waals surface area contributed by atoms with Crippen molar-refractivity contribution in [3.05, 3.63) is 11.1 Å². The molecule has 0 spiro atoms. The maximum atomic E-state index is 10.7. The van der Waals surface area contributed by atoms with Gasteiger partial charge in [-0.05, 0) is 18.5 Å². The van der Waals surface area contributed by atoms with Crippen molar-refractivity contribution < 1.29 is 9.53 Å². The van der Waals surface area contributed by atoms with Crippen molar-refractivity contribution in [1.82, 2.24) is 15.0 Å². The summed E-state index contributed by atoms with van der Waals surface area (Å²) in [6, 6.07) is 0. The Kier molecular flexibility index (Phi) is 3.83. The molecule has 7 heteroatoms. The van der Waals surface area contributed by atoms with Crippen LogP contribution in [0.1, 0.15) is 12.6 Å². The fraction of sp³-hybridized carbons (Fsp3) is 0.333. The second-order valence-corrected chi connectivity index (χ2v) is 2.53. The molecule has 0 saturated carbocycles. The van der Waals surface area contributed by atoms with Crippen molar-refractivity contribution in [3.8, 4) is 0 Å². The highest BCUT2D eigenvalue weighted by molar-refractivity contribution is 7.03. The molecule has 0 aliphatic carbocycles. The molecule has 1 rings (SSSR count). The van der Waals surface area contributed by atoms with Gasteiger partial charge in [-0.3, -0.25) is 0 Å². The number of aromatic nitrogens is 2. The minimum atomic E-state index is -0.582. The maximum Gasteiger partial charge on any atom is 0.427 e. The van der Waals surface area contributed by atoms with Crippen LogP contribution in [0.4, 0.5) is 4.79 Å². The van der Waals surface area contributed by atoms with E-state index in [-0.39, 0.29) is 0 Å². The van der Waals surface area contributed by atoms with Crippen LogP contribution in [0.25, 0.3) is 0 Å². The molecule has 6 nitrogen and oxygen atoms in total. The standard InChI is InChI=1S/C6H8N4O2S/c1-2-12-6(11)9-7-3-5-4-13-10-8-5/h3-4H,2H2,1H3,(H,9,11)/b7-3-. The van der Waals surface area contributed by atoms with Gasteiger partial charge in [0.05, 0.1) is 12.8 Å². The predicted octanol–water partition coefficient (Wildman–Crippen LogP) is 0.618. The Morgan fingerprint density at radius 2 is 2.77 bits per heavy atom. The van der Waals surface area contributed by atoms with Crippen molar-refractivity contribution in [3.63, 3.8) is 0 Å². The van der Waals surface area contributed by atoms with Crippen molar-refractivity contribution >= 4 is 23.8 Å². The molecule has 1 amide bonds. The van der Waals surface area contributed by atoms with E-state index >= 15 is 0 Å². The third-order valence-electron chi connectivity index (χ3n) is 1.00. The number of carbonyl (C=O) groups excluding carboxylic acids is 1. The first kappa shape index (κ1) is 9.59. The molecule has 1 N–H and O–H groups in total. The monoisotopic (exact) mass is 200 g/mol. The molecule has 0 fully saturated rings. The van der Waals surface area contributed by atoms with Gasteiger partial charge in [-0.1, -0.05) is 4.49 Å². The average molecular weight is 200 g/mol. The van der Waals surface area contributed by atoms with Gasteiger partial charge < -0.3 is 4.74 Å². The van der Waals surface area contributed by atoms with Crippen LogP contribution >= 0.6 is 11.5 Å². The molecule has 0 bridgehead atoms. The number of amides is 1. The summed E-state index contributed by atoms with van der Waals surface area (Å²) < 4.78 is 8.18. The number of nitrogens with one attached hydrogen (secondary N) is 1. The smallest absolute Gasteiger partial charge is 0.427 e. The molecule has 0 aromatic carbocycles. The lowest BCUT2D eigenvalue weighted by molar-refractivity contribution is 0.152. The molecule has 0 radical (unpaired) electrons. The number of ether oxygens (including phenoxy) is 1. The van der Waals surface area contributed by atoms with Gasteiger partial charge in [0.2, 0.25) is 0 Å². The molecule has 0 aliphatic heterocycles. The van der Waals surface area contributed by atoms with Crippen molar-refractivity contribution in [1.29, 1.82) is 0 Å². The van der Waals surface area contributed by atoms with Gasteiger partial charge in [0.1, 0.15) is 5.69 Å². The first-order chi connectivity index (χ1) is 6.33. The highest BCUT2D eigenvalue weighted by atomic mass is 32.1. The van der Waals surface area contributed by atoms with Crippen LogP contribution in [0, 0.1) is 0 Å². The van der Waals surface area contributed by atoms with E-state index in [4.69, 9.17) is 0 Å². The SMILES string of the molecule is CCOC(=O)N/N=C\c1csnn1. The molecule has 1 aromatic rings. The molecule has 0 aliphatic rings. The van der Waals surface area contributed by atoms with Crippen molar-refractivity contribution in [2.75, 3.05) is 6.61 Å². The number of rotatable bonds is 3. The Balaban J connectivity index is 2.30. The van der Waals surface area contributed by atoms with Crippen LogP contribution in [0.5, 0.6) is 0 Å². The van der Waals surface area contributed by atoms with Gasteiger partial charge in [-0.25, -0.2) is 10.2 Å². The van der Waals surface area contributed by atoms with E-state index in [1.165, 1.54) is 17.7 Å². The lowest BCUT2D eigenvalue weighted by atomic mass is 10.6. The Morgan fingerprint density at radius 1 is 1.92 bits per heavy atom. The summed E-state index contributed by atoms with van der Waals surface area (Å²) in [4.78, 5) is 10.7. The van der Waals surface area contributed by atoms with Gasteiger partial charge in [-0.15, -0.1) is 5.10 Å². The fourth-order valence-corrected chi connectivity index (χ4v) is 0.947. The number of hydrazone groups is 1. The molecule has 13 heavy (non-hydrogen) atoms. The van der Waals surface area contributed by atoms with Crippen molar-refractivity contribution in [2.24, 2.45) is 5.10 Å². The third-order valence-corrected chi connectivity index (χ3v) is 1.53. The molecule has 0 unspecified atom stereocenters. The Morgan fingerprint density at radius 3 is 3.38 bits per heavy atom. The third kappa shape index (κ3) is 3.61. The molecule has 70 valence electrons. The molecule has 0 atom stereocenters. The molecule has 0 saturated heterocycles. The molecule has 1 heterocycles. The normalized spacial score (nSPS) is 10.2. The summed E-state index contributed by atoms with van der Waals surface area (Å²) in [5.41, 5.74) is 2.77. The number of hydrogen-bond donors (Lipinski definition) is 1. The van der Waals surface area contributed by atoms with Gasteiger partial charge in [0.15, 0.2) is 0 Å². The zero-order valence-corrected chi connectivity index (χ0v) is 7.74. The molecular weight excluding hydrogens is 192 g/mol. The largest absolute Gasteiger partial charge is 0.449 e. The van der Waals surface area contributed by atoms with E-state index in [9.17, 15) is 4.79 Å². The average Bonchev–Trinajstić information content (AvgIpc) is 2.57. The zero-order chi connectivity index (χ0) is 9.52. The quantitative estimate of drug-likeness (QED) is 0.573. The van der Waals surface area contributed by atoms with Crippen LogP contribution in [0.15, 0.2) is 10.5 Å². The van der Waals surface area contributed by atoms with Crippen LogP contribution in [-0.4, -0.2) is 28.5 Å². The summed E-state index contributed by atoms with van der Waals surface area (Å²) >= 11 is 1.21. The van der Waals surface area contributed by atoms with E-state index in [2.05, 4.69) is 24.9 Å². The Hall–Kier alpha value is -1.50. The maximum absolute atomic E-state index is 10.7. The highest BCUT2D eigenvalue weighted by Gasteiger charge is 1.95. The highest BCUT2D eigenvalue weighted by Crippen LogP contribution is 1.91. The van der Waals surface area contributed by atoms with E-state index in [1.54, 1.807) is 12.3 Å². The summed E-state index contributed by atoms with van der Waals surface area (Å²) in [5.74, 6) is 0. The second-order valence-electron chi connectivity index (χ2n) is 1.92. The van der Waals surface area contributed by atoms with Gasteiger partial charge in [-0.2, -0.15) is 5.10 Å². The second kappa shape index (κ2) is 5.20. The summed E-state index contributed by atoms with van der Waals surface area (Å²) in [5, 5.41) is 8.98. The number of nitrogens with zero attached hydrogens (tertiary/aromatic N) is 3. The number of carbonyl (C=O) groups is 1. The van der Waals surface area contributed by atoms with Crippen LogP contribution in [0.2, 0.25) is 0 Å². The lowest BCUT2D eigenvalue weighted by Gasteiger charge is -1.97. The topological polar surface area (TPSA) is 76.5 Å². The van der Waals surface area contributed by atoms with E-state index in [0.717, 1.165) is 0 Å². The molecule has 1 aromatic heterocycles. The van der Waals surface area contributed by atoms with E-state index < -0.39 is 6.09 Å². The fourth-order valence-electron chi connectivity index (χ4n) is 0.543. The summed E-state index contributed by atoms with van der Waals surface area (Å²) in [7, 11) is 0. The Bertz CT molecular complexity index is 285. The van der Waals surface area contributed by atoms with E-state index in [1.807, 2.05) is 0 Å². The predicted molar refractivity (Wildman–Crippen MR) is 47.7 cm³/mol.